The van der Waals surface area contributed by atoms with Gasteiger partial charge in [0, 0.05) is 22.9 Å². The number of halogens is 2. The monoisotopic (exact) mass is 343 g/mol. The Morgan fingerprint density at radius 1 is 1.53 bits per heavy atom. The average Bonchev–Trinajstić information content (AvgIpc) is 2.87. The first-order valence-electron chi connectivity index (χ1n) is 6.77. The van der Waals surface area contributed by atoms with Crippen molar-refractivity contribution in [1.29, 1.82) is 0 Å². The molecule has 2 rings (SSSR count). The van der Waals surface area contributed by atoms with E-state index in [1.165, 1.54) is 0 Å². The lowest BCUT2D eigenvalue weighted by Crippen LogP contribution is -2.35. The summed E-state index contributed by atoms with van der Waals surface area (Å²) in [5.74, 6) is 0.819. The maximum Gasteiger partial charge on any atom is 0.255 e. The molecule has 1 aromatic carbocycles. The summed E-state index contributed by atoms with van der Waals surface area (Å²) >= 11 is 9.29. The standard InChI is InChI=1S/C15H19BrClNO/c1-11-5-2-8-13(14(11)16)15(19)18-10-4-7-12(18)6-3-9-17/h2,5,8,12H,3-4,6-7,9-10H2,1H3. The van der Waals surface area contributed by atoms with Gasteiger partial charge in [0.25, 0.3) is 5.91 Å². The zero-order valence-electron chi connectivity index (χ0n) is 11.2. The van der Waals surface area contributed by atoms with Crippen LogP contribution in [0.2, 0.25) is 0 Å². The zero-order valence-corrected chi connectivity index (χ0v) is 13.5. The molecule has 0 aromatic heterocycles. The van der Waals surface area contributed by atoms with Gasteiger partial charge in [-0.25, -0.2) is 0 Å². The molecule has 1 amide bonds. The molecule has 1 aliphatic rings. The summed E-state index contributed by atoms with van der Waals surface area (Å²) in [6, 6.07) is 6.21. The van der Waals surface area contributed by atoms with E-state index in [2.05, 4.69) is 15.9 Å². The van der Waals surface area contributed by atoms with Crippen molar-refractivity contribution < 1.29 is 4.79 Å². The number of carbonyl (C=O) groups is 1. The van der Waals surface area contributed by atoms with Gasteiger partial charge in [-0.2, -0.15) is 0 Å². The van der Waals surface area contributed by atoms with Crippen molar-refractivity contribution in [2.45, 2.75) is 38.6 Å². The van der Waals surface area contributed by atoms with E-state index in [4.69, 9.17) is 11.6 Å². The third kappa shape index (κ3) is 3.32. The van der Waals surface area contributed by atoms with Gasteiger partial charge in [0.2, 0.25) is 0 Å². The summed E-state index contributed by atoms with van der Waals surface area (Å²) < 4.78 is 0.919. The highest BCUT2D eigenvalue weighted by atomic mass is 79.9. The topological polar surface area (TPSA) is 20.3 Å². The summed E-state index contributed by atoms with van der Waals surface area (Å²) in [6.45, 7) is 2.88. The molecule has 1 aliphatic heterocycles. The minimum atomic E-state index is 0.146. The molecule has 104 valence electrons. The quantitative estimate of drug-likeness (QED) is 0.742. The van der Waals surface area contributed by atoms with Gasteiger partial charge in [-0.15, -0.1) is 11.6 Å². The van der Waals surface area contributed by atoms with Crippen molar-refractivity contribution in [1.82, 2.24) is 4.90 Å². The van der Waals surface area contributed by atoms with Crippen molar-refractivity contribution >= 4 is 33.4 Å². The van der Waals surface area contributed by atoms with E-state index < -0.39 is 0 Å². The first-order chi connectivity index (χ1) is 9.15. The van der Waals surface area contributed by atoms with Crippen molar-refractivity contribution in [3.05, 3.63) is 33.8 Å². The van der Waals surface area contributed by atoms with Crippen LogP contribution in [0.3, 0.4) is 0 Å². The van der Waals surface area contributed by atoms with E-state index in [0.717, 1.165) is 47.8 Å². The SMILES string of the molecule is Cc1cccc(C(=O)N2CCCC2CCCCl)c1Br. The Labute approximate surface area is 128 Å². The van der Waals surface area contributed by atoms with Crippen LogP contribution in [-0.2, 0) is 0 Å². The Kier molecular flexibility index (Phi) is 5.28. The van der Waals surface area contributed by atoms with Gasteiger partial charge >= 0.3 is 0 Å². The predicted molar refractivity (Wildman–Crippen MR) is 82.9 cm³/mol. The van der Waals surface area contributed by atoms with Crippen LogP contribution in [0, 0.1) is 6.92 Å². The number of likely N-dealkylation sites (tertiary alicyclic amines) is 1. The van der Waals surface area contributed by atoms with Crippen LogP contribution >= 0.6 is 27.5 Å². The third-order valence-corrected chi connectivity index (χ3v) is 5.05. The Morgan fingerprint density at radius 3 is 3.05 bits per heavy atom. The number of alkyl halides is 1. The molecule has 0 radical (unpaired) electrons. The molecular weight excluding hydrogens is 326 g/mol. The Bertz CT molecular complexity index is 463. The van der Waals surface area contributed by atoms with Crippen LogP contribution in [0.25, 0.3) is 0 Å². The summed E-state index contributed by atoms with van der Waals surface area (Å²) in [5.41, 5.74) is 1.88. The molecule has 1 saturated heterocycles. The van der Waals surface area contributed by atoms with Gasteiger partial charge < -0.3 is 4.90 Å². The fourth-order valence-electron chi connectivity index (χ4n) is 2.68. The highest BCUT2D eigenvalue weighted by Crippen LogP contribution is 2.28. The third-order valence-electron chi connectivity index (χ3n) is 3.73. The lowest BCUT2D eigenvalue weighted by atomic mass is 10.1. The van der Waals surface area contributed by atoms with Crippen LogP contribution in [0.15, 0.2) is 22.7 Å². The molecule has 1 aromatic rings. The number of amides is 1. The molecule has 2 nitrogen and oxygen atoms in total. The van der Waals surface area contributed by atoms with Crippen molar-refractivity contribution in [3.63, 3.8) is 0 Å². The number of carbonyl (C=O) groups excluding carboxylic acids is 1. The summed E-state index contributed by atoms with van der Waals surface area (Å²) in [4.78, 5) is 14.7. The first-order valence-corrected chi connectivity index (χ1v) is 8.10. The Morgan fingerprint density at radius 2 is 2.32 bits per heavy atom. The van der Waals surface area contributed by atoms with E-state index in [1.54, 1.807) is 0 Å². The van der Waals surface area contributed by atoms with Gasteiger partial charge in [-0.1, -0.05) is 12.1 Å². The van der Waals surface area contributed by atoms with E-state index in [1.807, 2.05) is 30.0 Å². The first kappa shape index (κ1) is 14.9. The predicted octanol–water partition coefficient (Wildman–Crippen LogP) is 4.38. The largest absolute Gasteiger partial charge is 0.336 e. The minimum absolute atomic E-state index is 0.146. The second kappa shape index (κ2) is 6.76. The van der Waals surface area contributed by atoms with Crippen molar-refractivity contribution in [2.24, 2.45) is 0 Å². The van der Waals surface area contributed by atoms with Gasteiger partial charge in [0.1, 0.15) is 0 Å². The molecule has 1 fully saturated rings. The maximum atomic E-state index is 12.7. The number of nitrogens with zero attached hydrogens (tertiary/aromatic N) is 1. The van der Waals surface area contributed by atoms with Crippen LogP contribution in [-0.4, -0.2) is 29.3 Å². The second-order valence-corrected chi connectivity index (χ2v) is 6.23. The fraction of sp³-hybridized carbons (Fsp3) is 0.533. The number of aryl methyl sites for hydroxylation is 1. The molecule has 0 bridgehead atoms. The van der Waals surface area contributed by atoms with Crippen LogP contribution in [0.4, 0.5) is 0 Å². The average molecular weight is 345 g/mol. The molecule has 1 heterocycles. The summed E-state index contributed by atoms with van der Waals surface area (Å²) in [6.07, 6.45) is 4.19. The Balaban J connectivity index is 2.16. The molecule has 1 atom stereocenters. The number of hydrogen-bond acceptors (Lipinski definition) is 1. The number of rotatable bonds is 4. The zero-order chi connectivity index (χ0) is 13.8. The molecule has 0 N–H and O–H groups in total. The number of benzene rings is 1. The van der Waals surface area contributed by atoms with Gasteiger partial charge in [-0.05, 0) is 60.2 Å². The van der Waals surface area contributed by atoms with Crippen LogP contribution < -0.4 is 0 Å². The second-order valence-electron chi connectivity index (χ2n) is 5.06. The fourth-order valence-corrected chi connectivity index (χ4v) is 3.27. The van der Waals surface area contributed by atoms with Gasteiger partial charge in [-0.3, -0.25) is 4.79 Å². The van der Waals surface area contributed by atoms with Gasteiger partial charge in [0.05, 0.1) is 5.56 Å². The molecule has 1 unspecified atom stereocenters. The highest BCUT2D eigenvalue weighted by molar-refractivity contribution is 9.10. The van der Waals surface area contributed by atoms with E-state index >= 15 is 0 Å². The van der Waals surface area contributed by atoms with Gasteiger partial charge in [0.15, 0.2) is 0 Å². The van der Waals surface area contributed by atoms with Crippen LogP contribution in [0.5, 0.6) is 0 Å². The molecule has 0 aliphatic carbocycles. The summed E-state index contributed by atoms with van der Waals surface area (Å²) in [5, 5.41) is 0. The minimum Gasteiger partial charge on any atom is -0.336 e. The molecule has 0 spiro atoms. The summed E-state index contributed by atoms with van der Waals surface area (Å²) in [7, 11) is 0. The van der Waals surface area contributed by atoms with E-state index in [9.17, 15) is 4.79 Å². The van der Waals surface area contributed by atoms with E-state index in [0.29, 0.717) is 11.9 Å². The lowest BCUT2D eigenvalue weighted by Gasteiger charge is -2.25. The Hall–Kier alpha value is -0.540. The molecule has 4 heteroatoms. The van der Waals surface area contributed by atoms with E-state index in [-0.39, 0.29) is 5.91 Å². The van der Waals surface area contributed by atoms with Crippen LogP contribution in [0.1, 0.15) is 41.6 Å². The number of hydrogen-bond donors (Lipinski definition) is 0. The molecule has 19 heavy (non-hydrogen) atoms. The van der Waals surface area contributed by atoms with Crippen molar-refractivity contribution in [2.75, 3.05) is 12.4 Å². The molecular formula is C15H19BrClNO. The highest BCUT2D eigenvalue weighted by Gasteiger charge is 2.29. The molecule has 0 saturated carbocycles. The lowest BCUT2D eigenvalue weighted by molar-refractivity contribution is 0.0729. The smallest absolute Gasteiger partial charge is 0.255 e. The maximum absolute atomic E-state index is 12.7. The normalized spacial score (nSPS) is 18.9. The van der Waals surface area contributed by atoms with Crippen molar-refractivity contribution in [3.8, 4) is 0 Å².